The van der Waals surface area contributed by atoms with Gasteiger partial charge in [-0.15, -0.1) is 5.11 Å². The lowest BCUT2D eigenvalue weighted by molar-refractivity contribution is -0.384. The average molecular weight is 260 g/mol. The first-order chi connectivity index (χ1) is 9.08. The van der Waals surface area contributed by atoms with E-state index in [0.29, 0.717) is 11.3 Å². The molecule has 0 aliphatic rings. The molecule has 0 bridgehead atoms. The number of aromatic nitrogens is 2. The van der Waals surface area contributed by atoms with Crippen LogP contribution in [0.5, 0.6) is 0 Å². The summed E-state index contributed by atoms with van der Waals surface area (Å²) >= 11 is 0. The molecule has 0 saturated heterocycles. The number of nitro groups is 1. The smallest absolute Gasteiger partial charge is 0.271 e. The minimum atomic E-state index is -0.479. The Labute approximate surface area is 108 Å². The molecule has 8 heteroatoms. The van der Waals surface area contributed by atoms with E-state index < -0.39 is 4.92 Å². The zero-order valence-corrected chi connectivity index (χ0v) is 10.5. The average Bonchev–Trinajstić information content (AvgIpc) is 2.71. The quantitative estimate of drug-likeness (QED) is 0.479. The second kappa shape index (κ2) is 5.25. The first-order valence-corrected chi connectivity index (χ1v) is 5.45. The van der Waals surface area contributed by atoms with Gasteiger partial charge in [0.2, 0.25) is 5.62 Å². The zero-order valence-electron chi connectivity index (χ0n) is 10.5. The third kappa shape index (κ3) is 2.92. The summed E-state index contributed by atoms with van der Waals surface area (Å²) in [7, 11) is 3.67. The lowest BCUT2D eigenvalue weighted by Gasteiger charge is -1.92. The van der Waals surface area contributed by atoms with E-state index in [4.69, 9.17) is 0 Å². The van der Waals surface area contributed by atoms with E-state index in [1.807, 2.05) is 26.5 Å². The first-order valence-electron chi connectivity index (χ1n) is 5.45. The third-order valence-electron chi connectivity index (χ3n) is 2.48. The highest BCUT2D eigenvalue weighted by Gasteiger charge is 2.04. The van der Waals surface area contributed by atoms with Crippen molar-refractivity contribution in [3.63, 3.8) is 0 Å². The molecule has 19 heavy (non-hydrogen) atoms. The van der Waals surface area contributed by atoms with Crippen LogP contribution in [0.2, 0.25) is 0 Å². The number of imidazole rings is 1. The summed E-state index contributed by atoms with van der Waals surface area (Å²) in [6.45, 7) is 0. The Hall–Kier alpha value is -2.77. The van der Waals surface area contributed by atoms with Crippen LogP contribution in [0.1, 0.15) is 0 Å². The van der Waals surface area contributed by atoms with Gasteiger partial charge in [-0.1, -0.05) is 11.2 Å². The molecule has 1 aromatic carbocycles. The number of hydrogen-bond acceptors (Lipinski definition) is 4. The molecule has 0 unspecified atom stereocenters. The minimum absolute atomic E-state index is 0.0270. The molecule has 2 aromatic rings. The number of aryl methyl sites for hydroxylation is 2. The fourth-order valence-electron chi connectivity index (χ4n) is 1.51. The highest BCUT2D eigenvalue weighted by atomic mass is 16.6. The van der Waals surface area contributed by atoms with E-state index in [9.17, 15) is 10.1 Å². The fourth-order valence-corrected chi connectivity index (χ4v) is 1.51. The molecule has 0 amide bonds. The first kappa shape index (κ1) is 12.7. The van der Waals surface area contributed by atoms with Gasteiger partial charge in [0.1, 0.15) is 0 Å². The van der Waals surface area contributed by atoms with Crippen molar-refractivity contribution in [1.29, 1.82) is 0 Å². The predicted octanol–water partition coefficient (Wildman–Crippen LogP) is 1.87. The van der Waals surface area contributed by atoms with E-state index in [-0.39, 0.29) is 5.69 Å². The van der Waals surface area contributed by atoms with Gasteiger partial charge in [-0.25, -0.2) is 0 Å². The van der Waals surface area contributed by atoms with E-state index in [1.54, 1.807) is 21.3 Å². The summed E-state index contributed by atoms with van der Waals surface area (Å²) in [6.07, 6.45) is 3.67. The maximum Gasteiger partial charge on any atom is 0.271 e. The van der Waals surface area contributed by atoms with Crippen molar-refractivity contribution in [3.05, 3.63) is 52.4 Å². The zero-order chi connectivity index (χ0) is 13.8. The molecule has 1 aromatic heterocycles. The lowest BCUT2D eigenvalue weighted by Crippen LogP contribution is -2.20. The molecule has 2 rings (SSSR count). The Morgan fingerprint density at radius 3 is 2.53 bits per heavy atom. The monoisotopic (exact) mass is 260 g/mol. The topological polar surface area (TPSA) is 90.1 Å². The van der Waals surface area contributed by atoms with Gasteiger partial charge >= 0.3 is 0 Å². The van der Waals surface area contributed by atoms with E-state index in [0.717, 1.165) is 0 Å². The van der Waals surface area contributed by atoms with Gasteiger partial charge in [-0.3, -0.25) is 10.1 Å². The molecule has 0 radical (unpaired) electrons. The maximum atomic E-state index is 10.6. The molecule has 0 aliphatic heterocycles. The summed E-state index contributed by atoms with van der Waals surface area (Å²) in [5.41, 5.74) is 0.977. The van der Waals surface area contributed by atoms with Crippen LogP contribution in [0.3, 0.4) is 0 Å². The molecular formula is C11H12N6O2. The van der Waals surface area contributed by atoms with Crippen LogP contribution in [-0.4, -0.2) is 14.1 Å². The Morgan fingerprint density at radius 1 is 1.21 bits per heavy atom. The Bertz CT molecular complexity index is 675. The van der Waals surface area contributed by atoms with E-state index >= 15 is 0 Å². The summed E-state index contributed by atoms with van der Waals surface area (Å²) in [4.78, 5) is 10.1. The van der Waals surface area contributed by atoms with Gasteiger partial charge in [0.05, 0.1) is 10.6 Å². The van der Waals surface area contributed by atoms with Crippen LogP contribution >= 0.6 is 0 Å². The van der Waals surface area contributed by atoms with Crippen LogP contribution in [0.25, 0.3) is 0 Å². The second-order valence-electron chi connectivity index (χ2n) is 3.89. The number of nitrogens with zero attached hydrogens (tertiary/aromatic N) is 6. The molecule has 98 valence electrons. The Morgan fingerprint density at radius 2 is 1.89 bits per heavy atom. The van der Waals surface area contributed by atoms with Crippen LogP contribution in [-0.2, 0) is 14.1 Å². The van der Waals surface area contributed by atoms with Crippen LogP contribution in [0.15, 0.2) is 52.1 Å². The van der Waals surface area contributed by atoms with Gasteiger partial charge in [0, 0.05) is 38.6 Å². The molecule has 0 atom stereocenters. The van der Waals surface area contributed by atoms with Gasteiger partial charge in [0.25, 0.3) is 5.69 Å². The fraction of sp³-hybridized carbons (Fsp3) is 0.182. The molecule has 1 heterocycles. The van der Waals surface area contributed by atoms with Gasteiger partial charge in [-0.05, 0) is 11.3 Å². The molecule has 0 N–H and O–H groups in total. The van der Waals surface area contributed by atoms with Crippen molar-refractivity contribution in [2.75, 3.05) is 0 Å². The largest absolute Gasteiger partial charge is 0.319 e. The molecule has 0 fully saturated rings. The molecule has 0 saturated carbocycles. The second-order valence-corrected chi connectivity index (χ2v) is 3.89. The van der Waals surface area contributed by atoms with Crippen molar-refractivity contribution in [1.82, 2.24) is 9.13 Å². The van der Waals surface area contributed by atoms with Gasteiger partial charge in [-0.2, -0.15) is 0 Å². The maximum absolute atomic E-state index is 10.6. The van der Waals surface area contributed by atoms with E-state index in [2.05, 4.69) is 15.4 Å². The van der Waals surface area contributed by atoms with E-state index in [1.165, 1.54) is 12.1 Å². The van der Waals surface area contributed by atoms with Gasteiger partial charge in [0.15, 0.2) is 0 Å². The van der Waals surface area contributed by atoms with Crippen molar-refractivity contribution in [2.24, 2.45) is 29.5 Å². The number of nitro benzene ring substituents is 1. The van der Waals surface area contributed by atoms with Gasteiger partial charge < -0.3 is 9.13 Å². The number of rotatable bonds is 3. The highest BCUT2D eigenvalue weighted by molar-refractivity contribution is 5.45. The molecule has 0 spiro atoms. The predicted molar refractivity (Wildman–Crippen MR) is 67.6 cm³/mol. The van der Waals surface area contributed by atoms with Crippen molar-refractivity contribution < 1.29 is 4.92 Å². The number of non-ortho nitro benzene ring substituents is 1. The van der Waals surface area contributed by atoms with Crippen molar-refractivity contribution in [3.8, 4) is 0 Å². The summed E-state index contributed by atoms with van der Waals surface area (Å²) < 4.78 is 3.57. The third-order valence-corrected chi connectivity index (χ3v) is 2.48. The Balaban J connectivity index is 2.27. The number of hydrogen-bond donors (Lipinski definition) is 0. The Kier molecular flexibility index (Phi) is 3.51. The van der Waals surface area contributed by atoms with Crippen molar-refractivity contribution >= 4 is 11.4 Å². The van der Waals surface area contributed by atoms with Crippen LogP contribution in [0, 0.1) is 10.1 Å². The molecule has 0 aliphatic carbocycles. The standard InChI is InChI=1S/C11H12N6O2/c1-15-6-7-16(2)11(15)13-14-12-9-4-3-5-10(8-9)17(18)19/h3-8H,1-2H3. The van der Waals surface area contributed by atoms with Crippen molar-refractivity contribution in [2.45, 2.75) is 0 Å². The normalized spacial score (nSPS) is 10.8. The lowest BCUT2D eigenvalue weighted by atomic mass is 10.3. The minimum Gasteiger partial charge on any atom is -0.319 e. The van der Waals surface area contributed by atoms with Crippen LogP contribution < -0.4 is 5.62 Å². The molecule has 8 nitrogen and oxygen atoms in total. The summed E-state index contributed by atoms with van der Waals surface area (Å²) in [6, 6.07) is 5.91. The SMILES string of the molecule is Cn1ccn(C)c1=NN=Nc1cccc([N+](=O)[O-])c1. The molecular weight excluding hydrogens is 248 g/mol. The summed E-state index contributed by atoms with van der Waals surface area (Å²) in [5, 5.41) is 22.1. The highest BCUT2D eigenvalue weighted by Crippen LogP contribution is 2.19. The van der Waals surface area contributed by atoms with Crippen LogP contribution in [0.4, 0.5) is 11.4 Å². The summed E-state index contributed by atoms with van der Waals surface area (Å²) in [5.74, 6) is 0. The number of benzene rings is 1.